The Labute approximate surface area is 187 Å². The third-order valence-electron chi connectivity index (χ3n) is 4.99. The minimum atomic E-state index is -0.330. The van der Waals surface area contributed by atoms with Crippen LogP contribution in [0.1, 0.15) is 25.0 Å². The number of phenols is 1. The number of rotatable bonds is 6. The molecular formula is C25H27FN4O2. The largest absolute Gasteiger partial charge is 0.507 e. The first-order valence-electron chi connectivity index (χ1n) is 10.2. The summed E-state index contributed by atoms with van der Waals surface area (Å²) < 4.78 is 14.4. The van der Waals surface area contributed by atoms with Crippen molar-refractivity contribution in [3.8, 4) is 17.0 Å². The van der Waals surface area contributed by atoms with Gasteiger partial charge in [-0.3, -0.25) is 4.79 Å². The highest BCUT2D eigenvalue weighted by Gasteiger charge is 2.14. The Morgan fingerprint density at radius 2 is 1.94 bits per heavy atom. The number of pyridine rings is 1. The predicted octanol–water partition coefficient (Wildman–Crippen LogP) is 4.83. The van der Waals surface area contributed by atoms with Gasteiger partial charge < -0.3 is 21.1 Å². The van der Waals surface area contributed by atoms with E-state index in [1.54, 1.807) is 48.3 Å². The van der Waals surface area contributed by atoms with Gasteiger partial charge in [-0.1, -0.05) is 17.7 Å². The molecule has 0 atom stereocenters. The smallest absolute Gasteiger partial charge is 0.244 e. The van der Waals surface area contributed by atoms with Crippen molar-refractivity contribution in [2.45, 2.75) is 27.3 Å². The fourth-order valence-electron chi connectivity index (χ4n) is 3.26. The summed E-state index contributed by atoms with van der Waals surface area (Å²) in [4.78, 5) is 17.9. The van der Waals surface area contributed by atoms with Crippen LogP contribution in [0, 0.1) is 12.7 Å². The molecule has 0 aliphatic rings. The van der Waals surface area contributed by atoms with E-state index in [0.717, 1.165) is 11.1 Å². The molecule has 1 heterocycles. The Hall–Kier alpha value is -3.87. The van der Waals surface area contributed by atoms with E-state index in [2.05, 4.69) is 10.3 Å². The lowest BCUT2D eigenvalue weighted by Gasteiger charge is -2.21. The molecule has 3 aromatic rings. The molecule has 7 heteroatoms. The van der Waals surface area contributed by atoms with Crippen LogP contribution in [0.5, 0.6) is 5.75 Å². The topological polar surface area (TPSA) is 91.5 Å². The summed E-state index contributed by atoms with van der Waals surface area (Å²) in [6.45, 7) is 5.76. The van der Waals surface area contributed by atoms with Gasteiger partial charge in [0.05, 0.1) is 11.4 Å². The number of nitrogens with zero attached hydrogens (tertiary/aromatic N) is 2. The first kappa shape index (κ1) is 22.8. The SMILES string of the molecule is CC(C)=CC(=O)NCc1ccc(-c2cc(N(C)c3ccc(C)cc3F)ccc2O)nc1N. The van der Waals surface area contributed by atoms with Gasteiger partial charge in [-0.05, 0) is 62.7 Å². The number of halogens is 1. The normalized spacial score (nSPS) is 10.5. The second-order valence-corrected chi connectivity index (χ2v) is 7.90. The van der Waals surface area contributed by atoms with Crippen LogP contribution in [0.25, 0.3) is 11.3 Å². The number of nitrogen functional groups attached to an aromatic ring is 1. The van der Waals surface area contributed by atoms with Gasteiger partial charge in [-0.15, -0.1) is 0 Å². The fraction of sp³-hybridized carbons (Fsp3) is 0.200. The lowest BCUT2D eigenvalue weighted by molar-refractivity contribution is -0.116. The van der Waals surface area contributed by atoms with Crippen LogP contribution in [-0.2, 0) is 11.3 Å². The van der Waals surface area contributed by atoms with Gasteiger partial charge in [0.15, 0.2) is 0 Å². The molecule has 0 aliphatic heterocycles. The van der Waals surface area contributed by atoms with Crippen LogP contribution in [0.4, 0.5) is 21.6 Å². The highest BCUT2D eigenvalue weighted by atomic mass is 19.1. The van der Waals surface area contributed by atoms with E-state index >= 15 is 0 Å². The molecule has 0 bridgehead atoms. The van der Waals surface area contributed by atoms with Crippen molar-refractivity contribution in [2.75, 3.05) is 17.7 Å². The van der Waals surface area contributed by atoms with Crippen molar-refractivity contribution in [2.24, 2.45) is 0 Å². The zero-order chi connectivity index (χ0) is 23.4. The molecule has 4 N–H and O–H groups in total. The second-order valence-electron chi connectivity index (χ2n) is 7.90. The number of amides is 1. The number of carbonyl (C=O) groups excluding carboxylic acids is 1. The molecule has 1 aromatic heterocycles. The first-order chi connectivity index (χ1) is 15.2. The van der Waals surface area contributed by atoms with Crippen molar-refractivity contribution >= 4 is 23.1 Å². The lowest BCUT2D eigenvalue weighted by atomic mass is 10.1. The standard InChI is InChI=1S/C25H27FN4O2/c1-15(2)11-24(32)28-14-17-6-8-21(29-25(17)27)19-13-18(7-10-23(19)31)30(4)22-9-5-16(3)12-20(22)26/h5-13,31H,14H2,1-4H3,(H2,27,29)(H,28,32). The second kappa shape index (κ2) is 9.51. The summed E-state index contributed by atoms with van der Waals surface area (Å²) in [7, 11) is 1.75. The third kappa shape index (κ3) is 5.24. The van der Waals surface area contributed by atoms with Gasteiger partial charge in [0, 0.05) is 36.5 Å². The van der Waals surface area contributed by atoms with Gasteiger partial charge in [-0.25, -0.2) is 9.37 Å². The highest BCUT2D eigenvalue weighted by molar-refractivity contribution is 5.88. The minimum Gasteiger partial charge on any atom is -0.507 e. The molecule has 3 rings (SSSR count). The number of benzene rings is 2. The molecule has 0 saturated heterocycles. The number of aromatic hydroxyl groups is 1. The van der Waals surface area contributed by atoms with Gasteiger partial charge in [0.1, 0.15) is 17.4 Å². The average molecular weight is 435 g/mol. The van der Waals surface area contributed by atoms with E-state index in [-0.39, 0.29) is 29.8 Å². The maximum atomic E-state index is 14.4. The summed E-state index contributed by atoms with van der Waals surface area (Å²) in [5, 5.41) is 13.2. The van der Waals surface area contributed by atoms with E-state index < -0.39 is 0 Å². The summed E-state index contributed by atoms with van der Waals surface area (Å²) >= 11 is 0. The van der Waals surface area contributed by atoms with Crippen molar-refractivity contribution in [3.05, 3.63) is 77.1 Å². The third-order valence-corrected chi connectivity index (χ3v) is 4.99. The Bertz CT molecular complexity index is 1190. The van der Waals surface area contributed by atoms with Crippen LogP contribution >= 0.6 is 0 Å². The maximum absolute atomic E-state index is 14.4. The number of hydrogen-bond acceptors (Lipinski definition) is 5. The van der Waals surface area contributed by atoms with Gasteiger partial charge in [0.2, 0.25) is 5.91 Å². The summed E-state index contributed by atoms with van der Waals surface area (Å²) in [5.41, 5.74) is 10.5. The number of anilines is 3. The zero-order valence-corrected chi connectivity index (χ0v) is 18.6. The van der Waals surface area contributed by atoms with Crippen molar-refractivity contribution in [1.82, 2.24) is 10.3 Å². The Morgan fingerprint density at radius 1 is 1.19 bits per heavy atom. The Morgan fingerprint density at radius 3 is 2.59 bits per heavy atom. The van der Waals surface area contributed by atoms with E-state index in [0.29, 0.717) is 28.2 Å². The van der Waals surface area contributed by atoms with E-state index in [9.17, 15) is 14.3 Å². The van der Waals surface area contributed by atoms with Crippen molar-refractivity contribution < 1.29 is 14.3 Å². The molecule has 0 radical (unpaired) electrons. The number of nitrogens with two attached hydrogens (primary N) is 1. The molecule has 0 aliphatic carbocycles. The van der Waals surface area contributed by atoms with E-state index in [1.165, 1.54) is 12.1 Å². The molecule has 6 nitrogen and oxygen atoms in total. The number of phenolic OH excluding ortho intramolecular Hbond substituents is 1. The number of carbonyl (C=O) groups is 1. The van der Waals surface area contributed by atoms with Gasteiger partial charge in [0.25, 0.3) is 0 Å². The number of hydrogen-bond donors (Lipinski definition) is 3. The van der Waals surface area contributed by atoms with E-state index in [4.69, 9.17) is 5.73 Å². The van der Waals surface area contributed by atoms with Crippen LogP contribution in [0.15, 0.2) is 60.2 Å². The molecule has 0 saturated carbocycles. The molecule has 0 unspecified atom stereocenters. The summed E-state index contributed by atoms with van der Waals surface area (Å²) in [5.74, 6) is -0.250. The molecule has 2 aromatic carbocycles. The van der Waals surface area contributed by atoms with Gasteiger partial charge >= 0.3 is 0 Å². The summed E-state index contributed by atoms with van der Waals surface area (Å²) in [6.07, 6.45) is 1.51. The predicted molar refractivity (Wildman–Crippen MR) is 126 cm³/mol. The van der Waals surface area contributed by atoms with Crippen LogP contribution in [-0.4, -0.2) is 23.0 Å². The zero-order valence-electron chi connectivity index (χ0n) is 18.6. The minimum absolute atomic E-state index is 0.0306. The first-order valence-corrected chi connectivity index (χ1v) is 10.2. The Balaban J connectivity index is 1.87. The van der Waals surface area contributed by atoms with Gasteiger partial charge in [-0.2, -0.15) is 0 Å². The lowest BCUT2D eigenvalue weighted by Crippen LogP contribution is -2.21. The number of allylic oxidation sites excluding steroid dienone is 1. The van der Waals surface area contributed by atoms with Crippen LogP contribution < -0.4 is 16.0 Å². The number of aryl methyl sites for hydroxylation is 1. The highest BCUT2D eigenvalue weighted by Crippen LogP contribution is 2.35. The molecule has 0 spiro atoms. The molecule has 32 heavy (non-hydrogen) atoms. The van der Waals surface area contributed by atoms with Crippen LogP contribution in [0.3, 0.4) is 0 Å². The maximum Gasteiger partial charge on any atom is 0.244 e. The molecule has 166 valence electrons. The number of aromatic nitrogens is 1. The monoisotopic (exact) mass is 434 g/mol. The summed E-state index contributed by atoms with van der Waals surface area (Å²) in [6, 6.07) is 13.5. The quantitative estimate of drug-likeness (QED) is 0.483. The van der Waals surface area contributed by atoms with Crippen molar-refractivity contribution in [1.29, 1.82) is 0 Å². The van der Waals surface area contributed by atoms with Crippen molar-refractivity contribution in [3.63, 3.8) is 0 Å². The fourth-order valence-corrected chi connectivity index (χ4v) is 3.26. The molecular weight excluding hydrogens is 407 g/mol. The van der Waals surface area contributed by atoms with Crippen LogP contribution in [0.2, 0.25) is 0 Å². The van der Waals surface area contributed by atoms with E-state index in [1.807, 2.05) is 26.8 Å². The number of nitrogens with one attached hydrogen (secondary N) is 1. The average Bonchev–Trinajstić information content (AvgIpc) is 2.72. The Kier molecular flexibility index (Phi) is 6.78. The molecule has 0 fully saturated rings. The molecule has 1 amide bonds.